The van der Waals surface area contributed by atoms with Crippen LogP contribution in [0.3, 0.4) is 0 Å². The molecule has 0 bridgehead atoms. The number of nitrogens with one attached hydrogen (secondary N) is 1. The largest absolute Gasteiger partial charge is 0.296 e. The molecule has 1 saturated heterocycles. The Morgan fingerprint density at radius 1 is 1.12 bits per heavy atom. The molecule has 1 aromatic carbocycles. The molecule has 0 aromatic heterocycles. The van der Waals surface area contributed by atoms with Gasteiger partial charge in [-0.1, -0.05) is 23.8 Å². The van der Waals surface area contributed by atoms with Crippen LogP contribution >= 0.6 is 0 Å². The lowest BCUT2D eigenvalue weighted by Gasteiger charge is -2.16. The maximum absolute atomic E-state index is 11.8. The fourth-order valence-corrected chi connectivity index (χ4v) is 2.86. The summed E-state index contributed by atoms with van der Waals surface area (Å²) >= 11 is 0. The number of hydrogen-bond acceptors (Lipinski definition) is 2. The SMILES string of the molecule is Cc1ccc2c(c1)C[C@@]1(CC(=O)NC1=O)C2. The minimum absolute atomic E-state index is 0.0913. The molecule has 2 aliphatic rings. The number of benzene rings is 1. The van der Waals surface area contributed by atoms with E-state index < -0.39 is 5.41 Å². The average Bonchev–Trinajstić information content (AvgIpc) is 2.67. The summed E-state index contributed by atoms with van der Waals surface area (Å²) in [6.45, 7) is 2.05. The number of amides is 2. The number of hydrogen-bond donors (Lipinski definition) is 1. The summed E-state index contributed by atoms with van der Waals surface area (Å²) in [6.07, 6.45) is 1.77. The lowest BCUT2D eigenvalue weighted by atomic mass is 9.83. The molecule has 1 atom stereocenters. The van der Waals surface area contributed by atoms with Gasteiger partial charge in [-0.25, -0.2) is 0 Å². The summed E-state index contributed by atoms with van der Waals surface area (Å²) in [5.74, 6) is -0.221. The topological polar surface area (TPSA) is 46.2 Å². The highest BCUT2D eigenvalue weighted by Crippen LogP contribution is 2.42. The van der Waals surface area contributed by atoms with E-state index in [1.165, 1.54) is 16.7 Å². The van der Waals surface area contributed by atoms with Crippen LogP contribution in [0.1, 0.15) is 23.1 Å². The van der Waals surface area contributed by atoms with Crippen LogP contribution in [0.25, 0.3) is 0 Å². The van der Waals surface area contributed by atoms with Crippen LogP contribution in [0.5, 0.6) is 0 Å². The van der Waals surface area contributed by atoms with Crippen molar-refractivity contribution in [1.82, 2.24) is 5.32 Å². The molecular formula is C13H13NO2. The van der Waals surface area contributed by atoms with Crippen molar-refractivity contribution in [3.05, 3.63) is 34.9 Å². The van der Waals surface area contributed by atoms with Crippen LogP contribution in [0.4, 0.5) is 0 Å². The first kappa shape index (κ1) is 9.58. The maximum Gasteiger partial charge on any atom is 0.233 e. The average molecular weight is 215 g/mol. The van der Waals surface area contributed by atoms with Gasteiger partial charge in [0.05, 0.1) is 5.41 Å². The van der Waals surface area contributed by atoms with Crippen LogP contribution in [0.15, 0.2) is 18.2 Å². The molecule has 1 fully saturated rings. The second-order valence-corrected chi connectivity index (χ2v) is 4.96. The third-order valence-corrected chi connectivity index (χ3v) is 3.65. The van der Waals surface area contributed by atoms with Crippen molar-refractivity contribution in [3.8, 4) is 0 Å². The lowest BCUT2D eigenvalue weighted by Crippen LogP contribution is -2.32. The molecule has 1 aromatic rings. The highest BCUT2D eigenvalue weighted by atomic mass is 16.2. The van der Waals surface area contributed by atoms with E-state index in [-0.39, 0.29) is 11.8 Å². The molecule has 16 heavy (non-hydrogen) atoms. The van der Waals surface area contributed by atoms with Crippen molar-refractivity contribution in [3.63, 3.8) is 0 Å². The molecular weight excluding hydrogens is 202 g/mol. The van der Waals surface area contributed by atoms with Crippen LogP contribution in [-0.2, 0) is 22.4 Å². The Morgan fingerprint density at radius 2 is 1.88 bits per heavy atom. The fourth-order valence-electron chi connectivity index (χ4n) is 2.86. The number of rotatable bonds is 0. The lowest BCUT2D eigenvalue weighted by molar-refractivity contribution is -0.128. The maximum atomic E-state index is 11.8. The van der Waals surface area contributed by atoms with Gasteiger partial charge >= 0.3 is 0 Å². The van der Waals surface area contributed by atoms with Crippen molar-refractivity contribution in [2.75, 3.05) is 0 Å². The molecule has 1 aliphatic carbocycles. The molecule has 1 N–H and O–H groups in total. The van der Waals surface area contributed by atoms with Gasteiger partial charge < -0.3 is 0 Å². The van der Waals surface area contributed by atoms with E-state index in [1.54, 1.807) is 0 Å². The molecule has 2 amide bonds. The monoisotopic (exact) mass is 215 g/mol. The number of imide groups is 1. The number of carbonyl (C=O) groups is 2. The first-order chi connectivity index (χ1) is 7.59. The zero-order valence-electron chi connectivity index (χ0n) is 9.17. The second-order valence-electron chi connectivity index (χ2n) is 4.96. The van der Waals surface area contributed by atoms with Crippen molar-refractivity contribution < 1.29 is 9.59 Å². The Bertz CT molecular complexity index is 507. The molecule has 3 heteroatoms. The highest BCUT2D eigenvalue weighted by Gasteiger charge is 2.50. The number of aryl methyl sites for hydroxylation is 1. The van der Waals surface area contributed by atoms with E-state index in [0.29, 0.717) is 19.3 Å². The molecule has 1 aliphatic heterocycles. The molecule has 82 valence electrons. The van der Waals surface area contributed by atoms with Gasteiger partial charge in [-0.3, -0.25) is 14.9 Å². The van der Waals surface area contributed by atoms with Crippen LogP contribution < -0.4 is 5.32 Å². The predicted molar refractivity (Wildman–Crippen MR) is 58.8 cm³/mol. The normalized spacial score (nSPS) is 27.3. The standard InChI is InChI=1S/C13H13NO2/c1-8-2-3-9-5-13(6-10(9)4-8)7-11(15)14-12(13)16/h2-4H,5-7H2,1H3,(H,14,15,16)/t13-/m1/s1. The summed E-state index contributed by atoms with van der Waals surface area (Å²) in [5, 5.41) is 2.42. The molecule has 1 spiro atoms. The Hall–Kier alpha value is -1.64. The first-order valence-corrected chi connectivity index (χ1v) is 5.52. The van der Waals surface area contributed by atoms with Gasteiger partial charge in [0, 0.05) is 6.42 Å². The molecule has 3 nitrogen and oxygen atoms in total. The highest BCUT2D eigenvalue weighted by molar-refractivity contribution is 6.06. The van der Waals surface area contributed by atoms with Gasteiger partial charge in [-0.05, 0) is 30.9 Å². The zero-order chi connectivity index (χ0) is 11.3. The quantitative estimate of drug-likeness (QED) is 0.659. The Morgan fingerprint density at radius 3 is 2.56 bits per heavy atom. The number of carbonyl (C=O) groups excluding carboxylic acids is 2. The van der Waals surface area contributed by atoms with Crippen molar-refractivity contribution in [1.29, 1.82) is 0 Å². The molecule has 3 rings (SSSR count). The summed E-state index contributed by atoms with van der Waals surface area (Å²) in [4.78, 5) is 23.1. The first-order valence-electron chi connectivity index (χ1n) is 5.52. The van der Waals surface area contributed by atoms with Crippen LogP contribution in [0.2, 0.25) is 0 Å². The summed E-state index contributed by atoms with van der Waals surface area (Å²) in [7, 11) is 0. The molecule has 0 unspecified atom stereocenters. The second kappa shape index (κ2) is 2.94. The van der Waals surface area contributed by atoms with E-state index in [0.717, 1.165) is 0 Å². The summed E-state index contributed by atoms with van der Waals surface area (Å²) in [5.41, 5.74) is 3.17. The Labute approximate surface area is 93.8 Å². The van der Waals surface area contributed by atoms with E-state index >= 15 is 0 Å². The minimum Gasteiger partial charge on any atom is -0.296 e. The van der Waals surface area contributed by atoms with Gasteiger partial charge in [0.2, 0.25) is 11.8 Å². The van der Waals surface area contributed by atoms with E-state index in [9.17, 15) is 9.59 Å². The Kier molecular flexibility index (Phi) is 1.76. The van der Waals surface area contributed by atoms with Crippen LogP contribution in [-0.4, -0.2) is 11.8 Å². The van der Waals surface area contributed by atoms with Gasteiger partial charge in [0.1, 0.15) is 0 Å². The van der Waals surface area contributed by atoms with Crippen LogP contribution in [0, 0.1) is 12.3 Å². The third kappa shape index (κ3) is 1.21. The zero-order valence-corrected chi connectivity index (χ0v) is 9.17. The Balaban J connectivity index is 2.01. The predicted octanol–water partition coefficient (Wildman–Crippen LogP) is 1.13. The molecule has 1 heterocycles. The minimum atomic E-state index is -0.479. The van der Waals surface area contributed by atoms with Gasteiger partial charge in [0.15, 0.2) is 0 Å². The van der Waals surface area contributed by atoms with E-state index in [1.807, 2.05) is 6.92 Å². The van der Waals surface area contributed by atoms with Gasteiger partial charge in [0.25, 0.3) is 0 Å². The smallest absolute Gasteiger partial charge is 0.233 e. The van der Waals surface area contributed by atoms with Crippen molar-refractivity contribution in [2.45, 2.75) is 26.2 Å². The molecule has 0 radical (unpaired) electrons. The van der Waals surface area contributed by atoms with Gasteiger partial charge in [-0.2, -0.15) is 0 Å². The summed E-state index contributed by atoms with van der Waals surface area (Å²) in [6, 6.07) is 6.27. The van der Waals surface area contributed by atoms with E-state index in [2.05, 4.69) is 23.5 Å². The number of fused-ring (bicyclic) bond motifs is 1. The fraction of sp³-hybridized carbons (Fsp3) is 0.385. The molecule has 0 saturated carbocycles. The van der Waals surface area contributed by atoms with Crippen molar-refractivity contribution in [2.24, 2.45) is 5.41 Å². The third-order valence-electron chi connectivity index (χ3n) is 3.65. The van der Waals surface area contributed by atoms with Gasteiger partial charge in [-0.15, -0.1) is 0 Å². The van der Waals surface area contributed by atoms with Crippen molar-refractivity contribution >= 4 is 11.8 Å². The van der Waals surface area contributed by atoms with E-state index in [4.69, 9.17) is 0 Å². The summed E-state index contributed by atoms with van der Waals surface area (Å²) < 4.78 is 0.